The lowest BCUT2D eigenvalue weighted by Gasteiger charge is -2.23. The lowest BCUT2D eigenvalue weighted by atomic mass is 9.81. The summed E-state index contributed by atoms with van der Waals surface area (Å²) in [6.45, 7) is 4.04. The Morgan fingerprint density at radius 3 is 1.55 bits per heavy atom. The number of aromatic hydroxyl groups is 1. The van der Waals surface area contributed by atoms with E-state index in [1.165, 1.54) is 0 Å². The van der Waals surface area contributed by atoms with E-state index in [1.807, 2.05) is 85.8 Å². The molecule has 0 saturated heterocycles. The highest BCUT2D eigenvalue weighted by Crippen LogP contribution is 2.48. The number of rotatable bonds is 6. The molecule has 4 aromatic carbocycles. The smallest absolute Gasteiger partial charge is 0.167 e. The average molecular weight is 407 g/mol. The van der Waals surface area contributed by atoms with E-state index in [4.69, 9.17) is 0 Å². The molecule has 31 heavy (non-hydrogen) atoms. The molecule has 0 atom stereocenters. The second kappa shape index (κ2) is 9.01. The topological polar surface area (TPSA) is 37.3 Å². The fourth-order valence-corrected chi connectivity index (χ4v) is 4.30. The maximum Gasteiger partial charge on any atom is 0.167 e. The Morgan fingerprint density at radius 1 is 0.677 bits per heavy atom. The van der Waals surface area contributed by atoms with Crippen molar-refractivity contribution in [1.82, 2.24) is 0 Å². The molecule has 0 aromatic heterocycles. The molecule has 1 N–H and O–H groups in total. The monoisotopic (exact) mass is 406 g/mol. The van der Waals surface area contributed by atoms with Gasteiger partial charge < -0.3 is 5.11 Å². The lowest BCUT2D eigenvalue weighted by Crippen LogP contribution is -2.07. The number of carbonyl (C=O) groups excluding carboxylic acids is 1. The van der Waals surface area contributed by atoms with E-state index < -0.39 is 0 Å². The van der Waals surface area contributed by atoms with Crippen LogP contribution in [0.3, 0.4) is 0 Å². The molecular formula is C29H26O2. The van der Waals surface area contributed by atoms with Gasteiger partial charge in [0.15, 0.2) is 5.78 Å². The molecule has 0 heterocycles. The van der Waals surface area contributed by atoms with Crippen molar-refractivity contribution >= 4 is 5.78 Å². The van der Waals surface area contributed by atoms with Crippen LogP contribution in [-0.4, -0.2) is 10.9 Å². The molecule has 4 rings (SSSR count). The van der Waals surface area contributed by atoms with Crippen molar-refractivity contribution < 1.29 is 9.90 Å². The van der Waals surface area contributed by atoms with Gasteiger partial charge in [-0.1, -0.05) is 97.9 Å². The van der Waals surface area contributed by atoms with Gasteiger partial charge in [-0.15, -0.1) is 0 Å². The molecule has 2 heteroatoms. The number of ketones is 1. The number of hydrogen-bond donors (Lipinski definition) is 1. The van der Waals surface area contributed by atoms with Crippen molar-refractivity contribution in [3.05, 3.63) is 102 Å². The second-order valence-corrected chi connectivity index (χ2v) is 7.74. The Morgan fingerprint density at radius 2 is 1.10 bits per heavy atom. The summed E-state index contributed by atoms with van der Waals surface area (Å²) in [4.78, 5) is 13.3. The molecule has 0 aliphatic carbocycles. The highest BCUT2D eigenvalue weighted by molar-refractivity contribution is 6.10. The zero-order valence-corrected chi connectivity index (χ0v) is 17.9. The van der Waals surface area contributed by atoms with Crippen LogP contribution in [0.25, 0.3) is 33.4 Å². The summed E-state index contributed by atoms with van der Waals surface area (Å²) in [6, 6.07) is 29.8. The molecular weight excluding hydrogens is 380 g/mol. The molecule has 0 fully saturated rings. The predicted octanol–water partition coefficient (Wildman–Crippen LogP) is 7.68. The van der Waals surface area contributed by atoms with Crippen LogP contribution in [0.15, 0.2) is 91.0 Å². The second-order valence-electron chi connectivity index (χ2n) is 7.74. The van der Waals surface area contributed by atoms with Gasteiger partial charge in [0, 0.05) is 12.0 Å². The van der Waals surface area contributed by atoms with Gasteiger partial charge in [0.2, 0.25) is 0 Å². The van der Waals surface area contributed by atoms with Gasteiger partial charge in [-0.05, 0) is 46.7 Å². The Balaban J connectivity index is 2.17. The average Bonchev–Trinajstić information content (AvgIpc) is 2.81. The molecule has 0 spiro atoms. The maximum atomic E-state index is 13.3. The van der Waals surface area contributed by atoms with E-state index >= 15 is 0 Å². The normalized spacial score (nSPS) is 10.8. The van der Waals surface area contributed by atoms with Gasteiger partial charge >= 0.3 is 0 Å². The summed E-state index contributed by atoms with van der Waals surface area (Å²) in [5.41, 5.74) is 6.74. The highest BCUT2D eigenvalue weighted by atomic mass is 16.3. The Labute approximate surface area is 183 Å². The SMILES string of the molecule is CCCC(=O)c1c(O)c(-c2ccccc2)c(-c2ccccc2)c(C)c1-c1ccccc1. The predicted molar refractivity (Wildman–Crippen MR) is 128 cm³/mol. The molecule has 0 unspecified atom stereocenters. The van der Waals surface area contributed by atoms with E-state index in [9.17, 15) is 9.90 Å². The third kappa shape index (κ3) is 3.89. The number of carbonyl (C=O) groups is 1. The minimum absolute atomic E-state index is 0.0289. The van der Waals surface area contributed by atoms with Crippen molar-refractivity contribution in [2.75, 3.05) is 0 Å². The maximum absolute atomic E-state index is 13.3. The fraction of sp³-hybridized carbons (Fsp3) is 0.138. The van der Waals surface area contributed by atoms with Crippen LogP contribution in [-0.2, 0) is 0 Å². The van der Waals surface area contributed by atoms with E-state index in [-0.39, 0.29) is 11.5 Å². The summed E-state index contributed by atoms with van der Waals surface area (Å²) >= 11 is 0. The summed E-state index contributed by atoms with van der Waals surface area (Å²) in [5, 5.41) is 11.6. The zero-order valence-electron chi connectivity index (χ0n) is 17.9. The minimum Gasteiger partial charge on any atom is -0.506 e. The zero-order chi connectivity index (χ0) is 21.8. The van der Waals surface area contributed by atoms with E-state index in [1.54, 1.807) is 0 Å². The van der Waals surface area contributed by atoms with Crippen molar-refractivity contribution in [2.24, 2.45) is 0 Å². The molecule has 154 valence electrons. The summed E-state index contributed by atoms with van der Waals surface area (Å²) < 4.78 is 0. The van der Waals surface area contributed by atoms with Gasteiger partial charge in [-0.3, -0.25) is 4.79 Å². The Bertz CT molecular complexity index is 1190. The molecule has 4 aromatic rings. The number of phenols is 1. The molecule has 0 aliphatic heterocycles. The third-order valence-corrected chi connectivity index (χ3v) is 5.67. The summed E-state index contributed by atoms with van der Waals surface area (Å²) in [7, 11) is 0. The number of phenolic OH excluding ortho intramolecular Hbond substituents is 1. The fourth-order valence-electron chi connectivity index (χ4n) is 4.30. The third-order valence-electron chi connectivity index (χ3n) is 5.67. The molecule has 0 bridgehead atoms. The first-order chi connectivity index (χ1) is 15.1. The van der Waals surface area contributed by atoms with Crippen LogP contribution in [0.5, 0.6) is 5.75 Å². The van der Waals surface area contributed by atoms with Gasteiger partial charge in [0.1, 0.15) is 5.75 Å². The summed E-state index contributed by atoms with van der Waals surface area (Å²) in [5.74, 6) is 0.0340. The van der Waals surface area contributed by atoms with Crippen molar-refractivity contribution in [3.63, 3.8) is 0 Å². The Kier molecular flexibility index (Phi) is 5.99. The Hall–Kier alpha value is -3.65. The first-order valence-electron chi connectivity index (χ1n) is 10.7. The van der Waals surface area contributed by atoms with Crippen LogP contribution in [0, 0.1) is 6.92 Å². The van der Waals surface area contributed by atoms with Crippen LogP contribution < -0.4 is 0 Å². The van der Waals surface area contributed by atoms with Crippen LogP contribution in [0.4, 0.5) is 0 Å². The number of hydrogen-bond acceptors (Lipinski definition) is 2. The van der Waals surface area contributed by atoms with E-state index in [0.29, 0.717) is 17.5 Å². The van der Waals surface area contributed by atoms with Gasteiger partial charge in [-0.25, -0.2) is 0 Å². The van der Waals surface area contributed by atoms with Gasteiger partial charge in [-0.2, -0.15) is 0 Å². The first-order valence-corrected chi connectivity index (χ1v) is 10.7. The number of benzene rings is 4. The largest absolute Gasteiger partial charge is 0.506 e. The summed E-state index contributed by atoms with van der Waals surface area (Å²) in [6.07, 6.45) is 1.12. The van der Waals surface area contributed by atoms with Crippen LogP contribution in [0.2, 0.25) is 0 Å². The van der Waals surface area contributed by atoms with E-state index in [0.717, 1.165) is 39.8 Å². The molecule has 0 radical (unpaired) electrons. The van der Waals surface area contributed by atoms with E-state index in [2.05, 4.69) is 19.1 Å². The van der Waals surface area contributed by atoms with Crippen molar-refractivity contribution in [1.29, 1.82) is 0 Å². The highest BCUT2D eigenvalue weighted by Gasteiger charge is 2.27. The van der Waals surface area contributed by atoms with Crippen LogP contribution in [0.1, 0.15) is 35.7 Å². The van der Waals surface area contributed by atoms with Crippen molar-refractivity contribution in [3.8, 4) is 39.1 Å². The quantitative estimate of drug-likeness (QED) is 0.333. The molecule has 0 aliphatic rings. The molecule has 0 amide bonds. The lowest BCUT2D eigenvalue weighted by molar-refractivity contribution is 0.0980. The number of Topliss-reactive ketones (excluding diaryl/α,β-unsaturated/α-hetero) is 1. The van der Waals surface area contributed by atoms with Crippen molar-refractivity contribution in [2.45, 2.75) is 26.7 Å². The van der Waals surface area contributed by atoms with Crippen LogP contribution >= 0.6 is 0 Å². The first kappa shape index (κ1) is 20.6. The van der Waals surface area contributed by atoms with Gasteiger partial charge in [0.25, 0.3) is 0 Å². The molecule has 0 saturated carbocycles. The van der Waals surface area contributed by atoms with Gasteiger partial charge in [0.05, 0.1) is 5.56 Å². The minimum atomic E-state index is -0.0289. The molecule has 2 nitrogen and oxygen atoms in total. The standard InChI is InChI=1S/C29H26O2/c1-3-13-24(30)28-26(22-16-9-5-10-17-22)20(2)25(21-14-7-4-8-15-21)27(29(28)31)23-18-11-6-12-19-23/h4-12,14-19,31H,3,13H2,1-2H3.